The lowest BCUT2D eigenvalue weighted by atomic mass is 10.3. The highest BCUT2D eigenvalue weighted by Crippen LogP contribution is 2.24. The fourth-order valence-electron chi connectivity index (χ4n) is 1.63. The standard InChI is InChI=1S/C12H7N2O3S2/c15-19(16,17)8-3-4-9-10(6-8)14-11(7-13-9)12-2-1-5-18-12/h1-6H,(H,15,16,17). The molecular weight excluding hydrogens is 284 g/mol. The van der Waals surface area contributed by atoms with Gasteiger partial charge < -0.3 is 0 Å². The molecule has 7 heteroatoms. The summed E-state index contributed by atoms with van der Waals surface area (Å²) in [4.78, 5) is 9.11. The Morgan fingerprint density at radius 3 is 2.74 bits per heavy atom. The van der Waals surface area contributed by atoms with Gasteiger partial charge in [-0.1, -0.05) is 6.07 Å². The van der Waals surface area contributed by atoms with Crippen molar-refractivity contribution in [3.8, 4) is 10.6 Å². The third kappa shape index (κ3) is 2.35. The zero-order valence-electron chi connectivity index (χ0n) is 9.44. The fourth-order valence-corrected chi connectivity index (χ4v) is 2.79. The molecule has 0 amide bonds. The SMILES string of the molecule is O=S(=O)(O)c1ccc2n[c]c(-c3cccs3)nc2c1. The van der Waals surface area contributed by atoms with Crippen LogP contribution in [0.1, 0.15) is 0 Å². The van der Waals surface area contributed by atoms with Gasteiger partial charge in [0.15, 0.2) is 0 Å². The van der Waals surface area contributed by atoms with Gasteiger partial charge in [0.2, 0.25) is 0 Å². The van der Waals surface area contributed by atoms with Crippen LogP contribution < -0.4 is 0 Å². The van der Waals surface area contributed by atoms with Crippen LogP contribution in [0.25, 0.3) is 21.6 Å². The molecule has 1 radical (unpaired) electrons. The van der Waals surface area contributed by atoms with Gasteiger partial charge in [-0.25, -0.2) is 9.97 Å². The molecule has 3 aromatic rings. The average molecular weight is 291 g/mol. The summed E-state index contributed by atoms with van der Waals surface area (Å²) in [5.41, 5.74) is 1.47. The molecule has 0 fully saturated rings. The smallest absolute Gasteiger partial charge is 0.282 e. The molecule has 95 valence electrons. The lowest BCUT2D eigenvalue weighted by Gasteiger charge is -2.01. The van der Waals surface area contributed by atoms with E-state index in [1.807, 2.05) is 17.5 Å². The number of benzene rings is 1. The highest BCUT2D eigenvalue weighted by atomic mass is 32.2. The molecule has 5 nitrogen and oxygen atoms in total. The Morgan fingerprint density at radius 1 is 1.21 bits per heavy atom. The quantitative estimate of drug-likeness (QED) is 0.733. The number of thiophene rings is 1. The predicted octanol–water partition coefficient (Wildman–Crippen LogP) is 2.41. The van der Waals surface area contributed by atoms with E-state index >= 15 is 0 Å². The number of rotatable bonds is 2. The first-order chi connectivity index (χ1) is 9.04. The lowest BCUT2D eigenvalue weighted by molar-refractivity contribution is 0.483. The van der Waals surface area contributed by atoms with Gasteiger partial charge in [0.25, 0.3) is 10.1 Å². The van der Waals surface area contributed by atoms with Crippen LogP contribution in [0.3, 0.4) is 0 Å². The molecule has 2 aromatic heterocycles. The van der Waals surface area contributed by atoms with Crippen molar-refractivity contribution in [3.05, 3.63) is 41.9 Å². The van der Waals surface area contributed by atoms with Crippen molar-refractivity contribution in [3.63, 3.8) is 0 Å². The van der Waals surface area contributed by atoms with Gasteiger partial charge in [-0.15, -0.1) is 11.3 Å². The highest BCUT2D eigenvalue weighted by molar-refractivity contribution is 7.85. The van der Waals surface area contributed by atoms with Crippen LogP contribution in [-0.2, 0) is 10.1 Å². The summed E-state index contributed by atoms with van der Waals surface area (Å²) in [6, 6.07) is 7.83. The van der Waals surface area contributed by atoms with Crippen LogP contribution >= 0.6 is 11.3 Å². The lowest BCUT2D eigenvalue weighted by Crippen LogP contribution is -1.98. The summed E-state index contributed by atoms with van der Waals surface area (Å²) < 4.78 is 31.2. The minimum atomic E-state index is -4.24. The van der Waals surface area contributed by atoms with Gasteiger partial charge >= 0.3 is 0 Å². The van der Waals surface area contributed by atoms with E-state index in [9.17, 15) is 8.42 Å². The molecule has 19 heavy (non-hydrogen) atoms. The summed E-state index contributed by atoms with van der Waals surface area (Å²) in [5, 5.41) is 1.91. The summed E-state index contributed by atoms with van der Waals surface area (Å²) in [6.07, 6.45) is 2.81. The van der Waals surface area contributed by atoms with Crippen LogP contribution in [0.15, 0.2) is 40.6 Å². The number of fused-ring (bicyclic) bond motifs is 1. The minimum Gasteiger partial charge on any atom is -0.282 e. The molecule has 1 N–H and O–H groups in total. The first-order valence-electron chi connectivity index (χ1n) is 5.25. The zero-order chi connectivity index (χ0) is 13.5. The molecule has 1 aromatic carbocycles. The first-order valence-corrected chi connectivity index (χ1v) is 7.57. The van der Waals surface area contributed by atoms with Crippen molar-refractivity contribution >= 4 is 32.5 Å². The second-order valence-electron chi connectivity index (χ2n) is 3.79. The van der Waals surface area contributed by atoms with Crippen molar-refractivity contribution in [1.82, 2.24) is 9.97 Å². The molecule has 0 saturated heterocycles. The van der Waals surface area contributed by atoms with Crippen LogP contribution in [0.2, 0.25) is 0 Å². The van der Waals surface area contributed by atoms with E-state index in [0.717, 1.165) is 4.88 Å². The third-order valence-electron chi connectivity index (χ3n) is 2.51. The van der Waals surface area contributed by atoms with Crippen LogP contribution in [0.5, 0.6) is 0 Å². The highest BCUT2D eigenvalue weighted by Gasteiger charge is 2.11. The van der Waals surface area contributed by atoms with E-state index in [-0.39, 0.29) is 4.90 Å². The van der Waals surface area contributed by atoms with E-state index in [1.54, 1.807) is 0 Å². The zero-order valence-corrected chi connectivity index (χ0v) is 11.1. The van der Waals surface area contributed by atoms with E-state index < -0.39 is 10.1 Å². The molecule has 0 atom stereocenters. The van der Waals surface area contributed by atoms with Crippen LogP contribution in [-0.4, -0.2) is 22.9 Å². The normalized spacial score (nSPS) is 11.8. The van der Waals surface area contributed by atoms with Gasteiger partial charge in [-0.2, -0.15) is 8.42 Å². The maximum Gasteiger partial charge on any atom is 0.294 e. The maximum absolute atomic E-state index is 11.1. The second-order valence-corrected chi connectivity index (χ2v) is 6.16. The molecule has 3 rings (SSSR count). The Bertz CT molecular complexity index is 843. The summed E-state index contributed by atoms with van der Waals surface area (Å²) in [6.45, 7) is 0. The summed E-state index contributed by atoms with van der Waals surface area (Å²) in [7, 11) is -4.24. The largest absolute Gasteiger partial charge is 0.294 e. The molecule has 0 aliphatic carbocycles. The number of hydrogen-bond donors (Lipinski definition) is 1. The first kappa shape index (κ1) is 12.2. The van der Waals surface area contributed by atoms with E-state index in [1.165, 1.54) is 29.5 Å². The van der Waals surface area contributed by atoms with Gasteiger partial charge in [0, 0.05) is 0 Å². The van der Waals surface area contributed by atoms with E-state index in [2.05, 4.69) is 16.2 Å². The van der Waals surface area contributed by atoms with Crippen molar-refractivity contribution < 1.29 is 13.0 Å². The second kappa shape index (κ2) is 4.37. The Kier molecular flexibility index (Phi) is 2.81. The Labute approximate surface area is 113 Å². The van der Waals surface area contributed by atoms with Crippen molar-refractivity contribution in [2.75, 3.05) is 0 Å². The van der Waals surface area contributed by atoms with Crippen molar-refractivity contribution in [2.24, 2.45) is 0 Å². The van der Waals surface area contributed by atoms with Gasteiger partial charge in [0.1, 0.15) is 11.9 Å². The molecule has 0 spiro atoms. The summed E-state index contributed by atoms with van der Waals surface area (Å²) >= 11 is 1.49. The minimum absolute atomic E-state index is 0.197. The monoisotopic (exact) mass is 291 g/mol. The maximum atomic E-state index is 11.1. The van der Waals surface area contributed by atoms with Crippen LogP contribution in [0.4, 0.5) is 0 Å². The predicted molar refractivity (Wildman–Crippen MR) is 71.5 cm³/mol. The molecule has 0 aliphatic rings. The molecule has 0 bridgehead atoms. The van der Waals surface area contributed by atoms with E-state index in [4.69, 9.17) is 4.55 Å². The molecule has 0 aliphatic heterocycles. The average Bonchev–Trinajstić information content (AvgIpc) is 2.90. The van der Waals surface area contributed by atoms with Gasteiger partial charge in [0.05, 0.1) is 20.8 Å². The Hall–Kier alpha value is -1.83. The topological polar surface area (TPSA) is 80.2 Å². The Balaban J connectivity index is 2.21. The number of aromatic nitrogens is 2. The van der Waals surface area contributed by atoms with Crippen molar-refractivity contribution in [2.45, 2.75) is 4.90 Å². The summed E-state index contributed by atoms with van der Waals surface area (Å²) in [5.74, 6) is 0. The van der Waals surface area contributed by atoms with Gasteiger partial charge in [-0.3, -0.25) is 4.55 Å². The van der Waals surface area contributed by atoms with Crippen LogP contribution in [0, 0.1) is 6.20 Å². The Morgan fingerprint density at radius 2 is 2.05 bits per heavy atom. The van der Waals surface area contributed by atoms with Gasteiger partial charge in [-0.05, 0) is 29.6 Å². The molecule has 2 heterocycles. The molecular formula is C12H7N2O3S2. The molecule has 0 saturated carbocycles. The third-order valence-corrected chi connectivity index (χ3v) is 4.24. The number of nitrogens with zero attached hydrogens (tertiary/aromatic N) is 2. The van der Waals surface area contributed by atoms with Crippen molar-refractivity contribution in [1.29, 1.82) is 0 Å². The fraction of sp³-hybridized carbons (Fsp3) is 0. The van der Waals surface area contributed by atoms with E-state index in [0.29, 0.717) is 16.7 Å². The number of hydrogen-bond acceptors (Lipinski definition) is 5. The molecule has 0 unspecified atom stereocenters.